The zero-order chi connectivity index (χ0) is 17.4. The molecule has 0 atom stereocenters. The molecule has 0 aliphatic heterocycles. The van der Waals surface area contributed by atoms with Crippen LogP contribution in [0.5, 0.6) is 5.75 Å². The van der Waals surface area contributed by atoms with E-state index in [0.717, 1.165) is 5.56 Å². The van der Waals surface area contributed by atoms with E-state index in [1.54, 1.807) is 25.1 Å². The van der Waals surface area contributed by atoms with Crippen LogP contribution < -0.4 is 4.74 Å². The number of thiol groups is 1. The first-order valence-corrected chi connectivity index (χ1v) is 8.55. The second-order valence-electron chi connectivity index (χ2n) is 4.82. The third-order valence-corrected chi connectivity index (χ3v) is 3.85. The molecule has 126 valence electrons. The van der Waals surface area contributed by atoms with Gasteiger partial charge in [-0.15, -0.1) is 0 Å². The summed E-state index contributed by atoms with van der Waals surface area (Å²) in [7, 11) is -2.68. The van der Waals surface area contributed by atoms with E-state index in [1.165, 1.54) is 12.1 Å². The normalized spacial score (nSPS) is 10.9. The Bertz CT molecular complexity index is 786. The van der Waals surface area contributed by atoms with E-state index in [2.05, 4.69) is 0 Å². The van der Waals surface area contributed by atoms with Gasteiger partial charge in [0, 0.05) is 11.6 Å². The molecule has 5 nitrogen and oxygen atoms in total. The Balaban J connectivity index is 2.15. The van der Waals surface area contributed by atoms with Crippen molar-refractivity contribution >= 4 is 16.7 Å². The third-order valence-electron chi connectivity index (χ3n) is 3.15. The summed E-state index contributed by atoms with van der Waals surface area (Å²) < 4.78 is 33.1. The molecule has 0 aromatic heterocycles. The number of carbonyl (C=O) groups excluding carboxylic acids is 1. The molecule has 0 aliphatic carbocycles. The molecule has 0 radical (unpaired) electrons. The van der Waals surface area contributed by atoms with Crippen LogP contribution in [0.2, 0.25) is 0 Å². The van der Waals surface area contributed by atoms with Crippen molar-refractivity contribution < 1.29 is 22.7 Å². The summed E-state index contributed by atoms with van der Waals surface area (Å²) in [6.07, 6.45) is 2.93. The average molecular weight is 346 g/mol. The fourth-order valence-electron chi connectivity index (χ4n) is 2.08. The fourth-order valence-corrected chi connectivity index (χ4v) is 2.51. The lowest BCUT2D eigenvalue weighted by Gasteiger charge is -2.12. The molecule has 6 heteroatoms. The van der Waals surface area contributed by atoms with Crippen LogP contribution in [0.25, 0.3) is 11.1 Å². The molecule has 2 aromatic rings. The first-order valence-electron chi connectivity index (χ1n) is 7.38. The van der Waals surface area contributed by atoms with Crippen LogP contribution in [-0.4, -0.2) is 27.6 Å². The maximum atomic E-state index is 11.2. The van der Waals surface area contributed by atoms with Gasteiger partial charge in [0.05, 0.1) is 4.90 Å². The van der Waals surface area contributed by atoms with Gasteiger partial charge in [0.25, 0.3) is 0 Å². The number of esters is 1. The predicted molar refractivity (Wildman–Crippen MR) is 91.7 cm³/mol. The molecule has 0 spiro atoms. The Morgan fingerprint density at radius 3 is 2.50 bits per heavy atom. The van der Waals surface area contributed by atoms with E-state index < -0.39 is 16.7 Å². The summed E-state index contributed by atoms with van der Waals surface area (Å²) in [6.45, 7) is 2.01. The number of hydrogen-bond donors (Lipinski definition) is 1. The van der Waals surface area contributed by atoms with Gasteiger partial charge in [-0.2, -0.15) is 0 Å². The molecule has 24 heavy (non-hydrogen) atoms. The first kappa shape index (κ1) is 17.7. The Kier molecular flexibility index (Phi) is 6.57. The van der Waals surface area contributed by atoms with E-state index in [0.29, 0.717) is 11.3 Å². The van der Waals surface area contributed by atoms with Crippen LogP contribution in [0.4, 0.5) is 0 Å². The van der Waals surface area contributed by atoms with Crippen LogP contribution in [-0.2, 0) is 20.2 Å². The van der Waals surface area contributed by atoms with Gasteiger partial charge < -0.3 is 9.47 Å². The van der Waals surface area contributed by atoms with Crippen molar-refractivity contribution in [1.29, 1.82) is 0 Å². The maximum Gasteiger partial charge on any atom is 0.330 e. The molecule has 0 heterocycles. The van der Waals surface area contributed by atoms with Crippen molar-refractivity contribution in [3.05, 3.63) is 60.7 Å². The Hall–Kier alpha value is -2.60. The van der Waals surface area contributed by atoms with Crippen molar-refractivity contribution in [1.82, 2.24) is 0 Å². The minimum atomic E-state index is -2.68. The molecule has 0 N–H and O–H groups in total. The highest BCUT2D eigenvalue weighted by molar-refractivity contribution is 7.72. The van der Waals surface area contributed by atoms with Gasteiger partial charge >= 0.3 is 5.97 Å². The summed E-state index contributed by atoms with van der Waals surface area (Å²) in [5, 5.41) is 0. The standard InChI is InChI=1S/C18H18O5S/c1-2-6-18(19)23-12-11-22-17-10-9-15(24(20)21)13-16(17)14-7-4-3-5-8-14/h2-10,13,24H,11-12H2,1H3. The van der Waals surface area contributed by atoms with Gasteiger partial charge in [0.1, 0.15) is 19.0 Å². The molecule has 0 unspecified atom stereocenters. The van der Waals surface area contributed by atoms with E-state index >= 15 is 0 Å². The Morgan fingerprint density at radius 2 is 1.83 bits per heavy atom. The highest BCUT2D eigenvalue weighted by Crippen LogP contribution is 2.31. The first-order chi connectivity index (χ1) is 11.6. The van der Waals surface area contributed by atoms with Gasteiger partial charge in [-0.1, -0.05) is 36.4 Å². The maximum absolute atomic E-state index is 11.2. The number of ether oxygens (including phenoxy) is 2. The third kappa shape index (κ3) is 4.96. The zero-order valence-electron chi connectivity index (χ0n) is 13.2. The fraction of sp³-hybridized carbons (Fsp3) is 0.167. The summed E-state index contributed by atoms with van der Waals surface area (Å²) in [4.78, 5) is 11.4. The highest BCUT2D eigenvalue weighted by Gasteiger charge is 2.09. The molecule has 2 rings (SSSR count). The van der Waals surface area contributed by atoms with Crippen LogP contribution >= 0.6 is 0 Å². The van der Waals surface area contributed by atoms with Crippen molar-refractivity contribution in [2.24, 2.45) is 0 Å². The average Bonchev–Trinajstić information content (AvgIpc) is 2.59. The van der Waals surface area contributed by atoms with Gasteiger partial charge in [0.2, 0.25) is 0 Å². The van der Waals surface area contributed by atoms with Crippen molar-refractivity contribution in [3.63, 3.8) is 0 Å². The molecule has 0 bridgehead atoms. The molecule has 2 aromatic carbocycles. The molecule has 0 saturated heterocycles. The van der Waals surface area contributed by atoms with Gasteiger partial charge in [0.15, 0.2) is 10.7 Å². The molecule has 0 aliphatic rings. The number of hydrogen-bond acceptors (Lipinski definition) is 5. The monoisotopic (exact) mass is 346 g/mol. The molecule has 0 fully saturated rings. The van der Waals surface area contributed by atoms with E-state index in [-0.39, 0.29) is 18.1 Å². The predicted octanol–water partition coefficient (Wildman–Crippen LogP) is 2.82. The lowest BCUT2D eigenvalue weighted by molar-refractivity contribution is -0.138. The SMILES string of the molecule is CC=CC(=O)OCCOc1ccc([SH](=O)=O)cc1-c1ccccc1. The topological polar surface area (TPSA) is 69.7 Å². The number of rotatable bonds is 7. The minimum absolute atomic E-state index is 0.106. The van der Waals surface area contributed by atoms with E-state index in [9.17, 15) is 13.2 Å². The molecular formula is C18H18O5S. The summed E-state index contributed by atoms with van der Waals surface area (Å²) in [5.41, 5.74) is 1.52. The lowest BCUT2D eigenvalue weighted by Crippen LogP contribution is -2.10. The number of carbonyl (C=O) groups is 1. The quantitative estimate of drug-likeness (QED) is 0.361. The summed E-state index contributed by atoms with van der Waals surface area (Å²) in [6, 6.07) is 14.0. The van der Waals surface area contributed by atoms with Gasteiger partial charge in [-0.3, -0.25) is 0 Å². The number of benzene rings is 2. The number of allylic oxidation sites excluding steroid dienone is 1. The highest BCUT2D eigenvalue weighted by atomic mass is 32.2. The van der Waals surface area contributed by atoms with Crippen LogP contribution in [0.15, 0.2) is 65.6 Å². The second-order valence-corrected chi connectivity index (χ2v) is 5.85. The van der Waals surface area contributed by atoms with Crippen molar-refractivity contribution in [2.45, 2.75) is 11.8 Å². The van der Waals surface area contributed by atoms with E-state index in [1.807, 2.05) is 30.3 Å². The van der Waals surface area contributed by atoms with E-state index in [4.69, 9.17) is 9.47 Å². The molecule has 0 saturated carbocycles. The second kappa shape index (κ2) is 8.88. The molecular weight excluding hydrogens is 328 g/mol. The smallest absolute Gasteiger partial charge is 0.330 e. The minimum Gasteiger partial charge on any atom is -0.489 e. The van der Waals surface area contributed by atoms with Gasteiger partial charge in [-0.05, 0) is 30.7 Å². The summed E-state index contributed by atoms with van der Waals surface area (Å²) in [5.74, 6) is 0.104. The van der Waals surface area contributed by atoms with Gasteiger partial charge in [-0.25, -0.2) is 13.2 Å². The van der Waals surface area contributed by atoms with Crippen LogP contribution in [0, 0.1) is 0 Å². The molecule has 0 amide bonds. The largest absolute Gasteiger partial charge is 0.489 e. The Labute approximate surface area is 142 Å². The van der Waals surface area contributed by atoms with Crippen LogP contribution in [0.3, 0.4) is 0 Å². The van der Waals surface area contributed by atoms with Crippen molar-refractivity contribution in [2.75, 3.05) is 13.2 Å². The lowest BCUT2D eigenvalue weighted by atomic mass is 10.0. The van der Waals surface area contributed by atoms with Crippen LogP contribution in [0.1, 0.15) is 6.92 Å². The Morgan fingerprint density at radius 1 is 1.08 bits per heavy atom. The zero-order valence-corrected chi connectivity index (χ0v) is 14.1. The van der Waals surface area contributed by atoms with Crippen molar-refractivity contribution in [3.8, 4) is 16.9 Å². The summed E-state index contributed by atoms with van der Waals surface area (Å²) >= 11 is 0.